The van der Waals surface area contributed by atoms with Crippen molar-refractivity contribution in [2.75, 3.05) is 14.2 Å². The Balaban J connectivity index is 1.64. The third kappa shape index (κ3) is 3.37. The van der Waals surface area contributed by atoms with Gasteiger partial charge in [0, 0.05) is 17.5 Å². The summed E-state index contributed by atoms with van der Waals surface area (Å²) < 4.78 is 11.4. The summed E-state index contributed by atoms with van der Waals surface area (Å²) in [6.45, 7) is 0. The number of hydrogen-bond donors (Lipinski definition) is 1. The lowest BCUT2D eigenvalue weighted by Crippen LogP contribution is -2.20. The molecule has 5 nitrogen and oxygen atoms in total. The first kappa shape index (κ1) is 16.3. The quantitative estimate of drug-likeness (QED) is 0.629. The molecule has 0 heterocycles. The number of benzene rings is 1. The zero-order chi connectivity index (χ0) is 16.4. The van der Waals surface area contributed by atoms with Gasteiger partial charge in [0.25, 0.3) is 0 Å². The topological polar surface area (TPSA) is 59.9 Å². The minimum Gasteiger partial charge on any atom is -0.496 e. The molecule has 1 aromatic carbocycles. The van der Waals surface area contributed by atoms with Gasteiger partial charge in [-0.05, 0) is 46.7 Å². The molecule has 0 spiro atoms. The monoisotopic (exact) mass is 380 g/mol. The van der Waals surface area contributed by atoms with E-state index in [1.807, 2.05) is 6.07 Å². The van der Waals surface area contributed by atoms with Crippen LogP contribution in [0.25, 0.3) is 0 Å². The normalized spacial score (nSPS) is 25.8. The average molecular weight is 381 g/mol. The van der Waals surface area contributed by atoms with Crippen molar-refractivity contribution < 1.29 is 14.3 Å². The Hall–Kier alpha value is -1.56. The van der Waals surface area contributed by atoms with E-state index in [1.54, 1.807) is 26.5 Å². The maximum atomic E-state index is 12.2. The van der Waals surface area contributed by atoms with Crippen molar-refractivity contribution >= 4 is 28.1 Å². The van der Waals surface area contributed by atoms with Crippen LogP contribution in [-0.4, -0.2) is 26.3 Å². The smallest absolute Gasteiger partial charge is 0.243 e. The fraction of sp³-hybridized carbons (Fsp3) is 0.529. The van der Waals surface area contributed by atoms with Crippen LogP contribution in [-0.2, 0) is 4.79 Å². The second kappa shape index (κ2) is 6.91. The number of carbonyl (C=O) groups excluding carboxylic acids is 1. The van der Waals surface area contributed by atoms with Gasteiger partial charge >= 0.3 is 0 Å². The predicted octanol–water partition coefficient (Wildman–Crippen LogP) is 3.35. The van der Waals surface area contributed by atoms with Gasteiger partial charge in [-0.2, -0.15) is 5.10 Å². The highest BCUT2D eigenvalue weighted by Gasteiger charge is 2.54. The number of halogens is 1. The molecule has 0 saturated heterocycles. The zero-order valence-corrected chi connectivity index (χ0v) is 14.9. The Morgan fingerprint density at radius 1 is 1.22 bits per heavy atom. The Morgan fingerprint density at radius 3 is 2.48 bits per heavy atom. The van der Waals surface area contributed by atoms with Crippen molar-refractivity contribution in [1.29, 1.82) is 0 Å². The van der Waals surface area contributed by atoms with Crippen molar-refractivity contribution in [2.24, 2.45) is 22.9 Å². The number of methoxy groups -OCH3 is 2. The SMILES string of the molecule is COc1cc(OC)c(/C=N\NC(=O)C2[C@H]3CCCC[C@H]23)cc1Br. The number of ether oxygens (including phenoxy) is 2. The van der Waals surface area contributed by atoms with Crippen LogP contribution >= 0.6 is 15.9 Å². The van der Waals surface area contributed by atoms with Gasteiger partial charge in [-0.1, -0.05) is 12.8 Å². The van der Waals surface area contributed by atoms with E-state index >= 15 is 0 Å². The van der Waals surface area contributed by atoms with Gasteiger partial charge in [0.1, 0.15) is 11.5 Å². The van der Waals surface area contributed by atoms with Gasteiger partial charge in [0.15, 0.2) is 0 Å². The number of carbonyl (C=O) groups is 1. The molecular weight excluding hydrogens is 360 g/mol. The van der Waals surface area contributed by atoms with E-state index in [4.69, 9.17) is 9.47 Å². The molecule has 6 heteroatoms. The number of nitrogens with zero attached hydrogens (tertiary/aromatic N) is 1. The number of fused-ring (bicyclic) bond motifs is 1. The van der Waals surface area contributed by atoms with Gasteiger partial charge in [-0.25, -0.2) is 5.43 Å². The maximum Gasteiger partial charge on any atom is 0.243 e. The molecule has 124 valence electrons. The molecule has 0 aromatic heterocycles. The van der Waals surface area contributed by atoms with E-state index in [0.717, 1.165) is 10.0 Å². The van der Waals surface area contributed by atoms with Crippen LogP contribution in [0.4, 0.5) is 0 Å². The Kier molecular flexibility index (Phi) is 4.90. The Bertz CT molecular complexity index is 621. The number of rotatable bonds is 5. The maximum absolute atomic E-state index is 12.2. The van der Waals surface area contributed by atoms with Gasteiger partial charge in [0.05, 0.1) is 24.9 Å². The van der Waals surface area contributed by atoms with Crippen molar-refractivity contribution in [1.82, 2.24) is 5.43 Å². The molecule has 0 aliphatic heterocycles. The molecule has 1 amide bonds. The molecule has 0 radical (unpaired) electrons. The molecule has 3 rings (SSSR count). The lowest BCUT2D eigenvalue weighted by atomic mass is 10.0. The summed E-state index contributed by atoms with van der Waals surface area (Å²) >= 11 is 3.44. The van der Waals surface area contributed by atoms with Crippen LogP contribution in [0.2, 0.25) is 0 Å². The lowest BCUT2D eigenvalue weighted by molar-refractivity contribution is -0.122. The van der Waals surface area contributed by atoms with Crippen LogP contribution in [0, 0.1) is 17.8 Å². The van der Waals surface area contributed by atoms with Crippen LogP contribution < -0.4 is 14.9 Å². The molecule has 0 unspecified atom stereocenters. The third-order valence-electron chi connectivity index (χ3n) is 4.84. The minimum atomic E-state index is 0.0460. The first-order valence-electron chi connectivity index (χ1n) is 7.90. The predicted molar refractivity (Wildman–Crippen MR) is 91.9 cm³/mol. The second-order valence-corrected chi connectivity index (χ2v) is 6.96. The van der Waals surface area contributed by atoms with Gasteiger partial charge in [-0.15, -0.1) is 0 Å². The molecule has 2 aliphatic rings. The standard InChI is InChI=1S/C17H21BrN2O3/c1-22-14-8-15(23-2)13(18)7-10(14)9-19-20-17(21)16-11-5-3-4-6-12(11)16/h7-9,11-12,16H,3-6H2,1-2H3,(H,20,21)/b19-9-/t11-,12-/m0/s1. The highest BCUT2D eigenvalue weighted by Crippen LogP contribution is 2.55. The average Bonchev–Trinajstić information content (AvgIpc) is 3.29. The molecule has 2 atom stereocenters. The van der Waals surface area contributed by atoms with Crippen molar-refractivity contribution in [3.05, 3.63) is 22.2 Å². The third-order valence-corrected chi connectivity index (χ3v) is 5.46. The van der Waals surface area contributed by atoms with Crippen LogP contribution in [0.1, 0.15) is 31.2 Å². The summed E-state index contributed by atoms with van der Waals surface area (Å²) in [5, 5.41) is 4.10. The molecule has 2 fully saturated rings. The molecule has 1 N–H and O–H groups in total. The number of amides is 1. The van der Waals surface area contributed by atoms with E-state index < -0.39 is 0 Å². The summed E-state index contributed by atoms with van der Waals surface area (Å²) in [6, 6.07) is 3.63. The van der Waals surface area contributed by atoms with Crippen molar-refractivity contribution in [2.45, 2.75) is 25.7 Å². The largest absolute Gasteiger partial charge is 0.496 e. The fourth-order valence-electron chi connectivity index (χ4n) is 3.61. The molecule has 1 aromatic rings. The molecule has 2 saturated carbocycles. The van der Waals surface area contributed by atoms with E-state index in [1.165, 1.54) is 25.7 Å². The van der Waals surface area contributed by atoms with Gasteiger partial charge < -0.3 is 9.47 Å². The highest BCUT2D eigenvalue weighted by molar-refractivity contribution is 9.10. The summed E-state index contributed by atoms with van der Waals surface area (Å²) in [4.78, 5) is 12.2. The molecular formula is C17H21BrN2O3. The van der Waals surface area contributed by atoms with Crippen molar-refractivity contribution in [3.63, 3.8) is 0 Å². The summed E-state index contributed by atoms with van der Waals surface area (Å²) in [6.07, 6.45) is 6.49. The van der Waals surface area contributed by atoms with Crippen LogP contribution in [0.5, 0.6) is 11.5 Å². The lowest BCUT2D eigenvalue weighted by Gasteiger charge is -2.09. The first-order chi connectivity index (χ1) is 11.2. The summed E-state index contributed by atoms with van der Waals surface area (Å²) in [5.41, 5.74) is 3.45. The van der Waals surface area contributed by atoms with E-state index in [-0.39, 0.29) is 11.8 Å². The summed E-state index contributed by atoms with van der Waals surface area (Å²) in [5.74, 6) is 2.71. The first-order valence-corrected chi connectivity index (χ1v) is 8.69. The number of hydrogen-bond acceptors (Lipinski definition) is 4. The second-order valence-electron chi connectivity index (χ2n) is 6.10. The van der Waals surface area contributed by atoms with E-state index in [0.29, 0.717) is 23.3 Å². The molecule has 23 heavy (non-hydrogen) atoms. The number of hydrazone groups is 1. The minimum absolute atomic E-state index is 0.0460. The molecule has 2 aliphatic carbocycles. The van der Waals surface area contributed by atoms with E-state index in [9.17, 15) is 4.79 Å². The number of nitrogens with one attached hydrogen (secondary N) is 1. The Morgan fingerprint density at radius 2 is 1.87 bits per heavy atom. The Labute approximate surface area is 144 Å². The fourth-order valence-corrected chi connectivity index (χ4v) is 4.13. The summed E-state index contributed by atoms with van der Waals surface area (Å²) in [7, 11) is 3.19. The van der Waals surface area contributed by atoms with Crippen LogP contribution in [0.15, 0.2) is 21.7 Å². The van der Waals surface area contributed by atoms with Gasteiger partial charge in [0.2, 0.25) is 5.91 Å². The molecule has 0 bridgehead atoms. The highest BCUT2D eigenvalue weighted by atomic mass is 79.9. The van der Waals surface area contributed by atoms with Crippen molar-refractivity contribution in [3.8, 4) is 11.5 Å². The van der Waals surface area contributed by atoms with Crippen LogP contribution in [0.3, 0.4) is 0 Å². The zero-order valence-electron chi connectivity index (χ0n) is 13.3. The van der Waals surface area contributed by atoms with Gasteiger partial charge in [-0.3, -0.25) is 4.79 Å². The van der Waals surface area contributed by atoms with E-state index in [2.05, 4.69) is 26.5 Å².